The van der Waals surface area contributed by atoms with Crippen molar-refractivity contribution in [2.45, 2.75) is 11.8 Å². The second-order valence-electron chi connectivity index (χ2n) is 6.66. The van der Waals surface area contributed by atoms with Crippen molar-refractivity contribution in [1.82, 2.24) is 0 Å². The van der Waals surface area contributed by atoms with E-state index in [9.17, 15) is 28.6 Å². The van der Waals surface area contributed by atoms with Crippen LogP contribution in [0.1, 0.15) is 12.5 Å². The van der Waals surface area contributed by atoms with Crippen LogP contribution in [0.5, 0.6) is 0 Å². The molecule has 0 heterocycles. The summed E-state index contributed by atoms with van der Waals surface area (Å²) in [5.41, 5.74) is 2.81. The molecule has 0 bridgehead atoms. The van der Waals surface area contributed by atoms with E-state index in [1.54, 1.807) is 13.0 Å². The van der Waals surface area contributed by atoms with Gasteiger partial charge in [0.1, 0.15) is 5.69 Å². The van der Waals surface area contributed by atoms with Crippen molar-refractivity contribution in [3.05, 3.63) is 97.5 Å². The van der Waals surface area contributed by atoms with E-state index in [4.69, 9.17) is 11.6 Å². The molecule has 3 rings (SSSR count). The van der Waals surface area contributed by atoms with Gasteiger partial charge in [0.05, 0.1) is 20.5 Å². The van der Waals surface area contributed by atoms with Crippen LogP contribution in [0.15, 0.2) is 76.7 Å². The van der Waals surface area contributed by atoms with Gasteiger partial charge < -0.3 is 0 Å². The van der Waals surface area contributed by atoms with Gasteiger partial charge in [-0.25, -0.2) is 8.42 Å². The van der Waals surface area contributed by atoms with Crippen LogP contribution in [-0.4, -0.2) is 24.0 Å². The molecule has 0 spiro atoms. The predicted octanol–water partition coefficient (Wildman–Crippen LogP) is 4.79. The Morgan fingerprint density at radius 3 is 2.30 bits per heavy atom. The Kier molecular flexibility index (Phi) is 6.89. The van der Waals surface area contributed by atoms with Gasteiger partial charge in [0.25, 0.3) is 21.4 Å². The van der Waals surface area contributed by atoms with Gasteiger partial charge in [0.15, 0.2) is 0 Å². The van der Waals surface area contributed by atoms with Gasteiger partial charge in [-0.2, -0.15) is 5.10 Å². The molecule has 0 saturated heterocycles. The van der Waals surface area contributed by atoms with E-state index < -0.39 is 25.6 Å². The highest BCUT2D eigenvalue weighted by Gasteiger charge is 2.22. The summed E-state index contributed by atoms with van der Waals surface area (Å²) >= 11 is 5.79. The minimum absolute atomic E-state index is 0.0600. The molecule has 3 aromatic carbocycles. The summed E-state index contributed by atoms with van der Waals surface area (Å²) in [5, 5.41) is 26.9. The summed E-state index contributed by atoms with van der Waals surface area (Å²) in [7, 11) is -4.11. The molecule has 2 N–H and O–H groups in total. The quantitative estimate of drug-likeness (QED) is 0.261. The van der Waals surface area contributed by atoms with Crippen LogP contribution in [0, 0.1) is 20.2 Å². The first kappa shape index (κ1) is 23.6. The largest absolute Gasteiger partial charge is 0.295 e. The van der Waals surface area contributed by atoms with Crippen molar-refractivity contribution in [1.29, 1.82) is 0 Å². The van der Waals surface area contributed by atoms with Crippen LogP contribution < -0.4 is 10.1 Å². The minimum Gasteiger partial charge on any atom is -0.280 e. The number of nitro benzene ring substituents is 2. The smallest absolute Gasteiger partial charge is 0.280 e. The van der Waals surface area contributed by atoms with Crippen molar-refractivity contribution in [3.8, 4) is 0 Å². The third-order valence-corrected chi connectivity index (χ3v) is 6.02. The lowest BCUT2D eigenvalue weighted by atomic mass is 10.1. The Morgan fingerprint density at radius 1 is 0.970 bits per heavy atom. The van der Waals surface area contributed by atoms with Crippen LogP contribution in [-0.2, 0) is 10.0 Å². The highest BCUT2D eigenvalue weighted by Crippen LogP contribution is 2.29. The summed E-state index contributed by atoms with van der Waals surface area (Å²) in [5.74, 6) is 0. The van der Waals surface area contributed by atoms with E-state index in [1.807, 2.05) is 0 Å². The zero-order valence-corrected chi connectivity index (χ0v) is 18.5. The Morgan fingerprint density at radius 2 is 1.67 bits per heavy atom. The Hall–Kier alpha value is -4.03. The van der Waals surface area contributed by atoms with Crippen molar-refractivity contribution < 1.29 is 18.3 Å². The number of hydrogen-bond acceptors (Lipinski definition) is 8. The van der Waals surface area contributed by atoms with Gasteiger partial charge in [0, 0.05) is 34.5 Å². The molecule has 0 aliphatic carbocycles. The molecule has 0 saturated carbocycles. The first-order valence-electron chi connectivity index (χ1n) is 9.19. The summed E-state index contributed by atoms with van der Waals surface area (Å²) in [6.07, 6.45) is 0. The number of anilines is 2. The number of hydrogen-bond donors (Lipinski definition) is 2. The molecule has 0 radical (unpaired) electrons. The van der Waals surface area contributed by atoms with Gasteiger partial charge in [-0.15, -0.1) is 0 Å². The van der Waals surface area contributed by atoms with Crippen LogP contribution in [0.3, 0.4) is 0 Å². The molecule has 0 unspecified atom stereocenters. The lowest BCUT2D eigenvalue weighted by Gasteiger charge is -2.10. The number of nitrogens with zero attached hydrogens (tertiary/aromatic N) is 3. The number of sulfonamides is 1. The fraction of sp³-hybridized carbons (Fsp3) is 0.0500. The predicted molar refractivity (Wildman–Crippen MR) is 124 cm³/mol. The van der Waals surface area contributed by atoms with E-state index >= 15 is 0 Å². The molecular formula is C20H16ClN5O6S. The van der Waals surface area contributed by atoms with Gasteiger partial charge >= 0.3 is 0 Å². The van der Waals surface area contributed by atoms with Crippen molar-refractivity contribution in [3.63, 3.8) is 0 Å². The molecule has 0 aliphatic heterocycles. The lowest BCUT2D eigenvalue weighted by Crippen LogP contribution is -2.13. The Bertz CT molecular complexity index is 1360. The summed E-state index contributed by atoms with van der Waals surface area (Å²) in [6, 6.07) is 14.9. The summed E-state index contributed by atoms with van der Waals surface area (Å²) in [4.78, 5) is 20.9. The third kappa shape index (κ3) is 5.81. The molecule has 33 heavy (non-hydrogen) atoms. The van der Waals surface area contributed by atoms with Gasteiger partial charge in [-0.3, -0.25) is 30.4 Å². The number of hydrazone groups is 1. The highest BCUT2D eigenvalue weighted by molar-refractivity contribution is 7.92. The number of halogens is 1. The van der Waals surface area contributed by atoms with Crippen LogP contribution in [0.4, 0.5) is 22.7 Å². The third-order valence-electron chi connectivity index (χ3n) is 4.39. The molecule has 0 fully saturated rings. The fourth-order valence-electron chi connectivity index (χ4n) is 2.71. The molecule has 0 amide bonds. The molecule has 11 nitrogen and oxygen atoms in total. The standard InChI is InChI=1S/C20H16ClN5O6S/c1-13(14-3-2-4-17(11-14)25(27)28)22-23-19-10-9-18(12-20(19)26(29)30)33(31,32)24-16-7-5-15(21)6-8-16/h2-12,23-24H,1H3/b22-13-. The van der Waals surface area contributed by atoms with Crippen molar-refractivity contribution >= 4 is 50.1 Å². The van der Waals surface area contributed by atoms with Crippen LogP contribution in [0.2, 0.25) is 5.02 Å². The second-order valence-corrected chi connectivity index (χ2v) is 8.78. The number of non-ortho nitro benzene ring substituents is 1. The maximum absolute atomic E-state index is 12.6. The van der Waals surface area contributed by atoms with Gasteiger partial charge in [-0.1, -0.05) is 23.7 Å². The van der Waals surface area contributed by atoms with E-state index in [0.717, 1.165) is 6.07 Å². The second kappa shape index (κ2) is 9.63. The number of nitrogens with one attached hydrogen (secondary N) is 2. The molecule has 13 heteroatoms. The Balaban J connectivity index is 1.87. The molecule has 3 aromatic rings. The number of benzene rings is 3. The summed E-state index contributed by atoms with van der Waals surface area (Å²) < 4.78 is 27.6. The molecular weight excluding hydrogens is 474 g/mol. The van der Waals surface area contributed by atoms with E-state index in [0.29, 0.717) is 16.3 Å². The maximum atomic E-state index is 12.6. The van der Waals surface area contributed by atoms with Crippen molar-refractivity contribution in [2.75, 3.05) is 10.1 Å². The number of nitro groups is 2. The average Bonchev–Trinajstić information content (AvgIpc) is 2.78. The number of rotatable bonds is 8. The zero-order valence-electron chi connectivity index (χ0n) is 16.9. The first-order chi connectivity index (χ1) is 15.6. The van der Waals surface area contributed by atoms with Gasteiger partial charge in [0.2, 0.25) is 0 Å². The topological polar surface area (TPSA) is 157 Å². The van der Waals surface area contributed by atoms with Crippen LogP contribution >= 0.6 is 11.6 Å². The molecule has 0 atom stereocenters. The minimum atomic E-state index is -4.11. The lowest BCUT2D eigenvalue weighted by molar-refractivity contribution is -0.384. The molecule has 170 valence electrons. The zero-order chi connectivity index (χ0) is 24.2. The fourth-order valence-corrected chi connectivity index (χ4v) is 3.91. The summed E-state index contributed by atoms with van der Waals surface area (Å²) in [6.45, 7) is 1.56. The van der Waals surface area contributed by atoms with Crippen molar-refractivity contribution in [2.24, 2.45) is 5.10 Å². The maximum Gasteiger partial charge on any atom is 0.295 e. The normalized spacial score (nSPS) is 11.6. The Labute approximate surface area is 193 Å². The van der Waals surface area contributed by atoms with Gasteiger partial charge in [-0.05, 0) is 43.3 Å². The first-order valence-corrected chi connectivity index (χ1v) is 11.0. The van der Waals surface area contributed by atoms with E-state index in [1.165, 1.54) is 54.6 Å². The average molecular weight is 490 g/mol. The highest BCUT2D eigenvalue weighted by atomic mass is 35.5. The monoisotopic (exact) mass is 489 g/mol. The molecule has 0 aromatic heterocycles. The SMILES string of the molecule is C/C(=N/Nc1ccc(S(=O)(=O)Nc2ccc(Cl)cc2)cc1[N+](=O)[O-])c1cccc([N+](=O)[O-])c1. The van der Waals surface area contributed by atoms with Crippen LogP contribution in [0.25, 0.3) is 0 Å². The van der Waals surface area contributed by atoms with E-state index in [2.05, 4.69) is 15.2 Å². The molecule has 0 aliphatic rings. The van der Waals surface area contributed by atoms with E-state index in [-0.39, 0.29) is 22.0 Å².